The second-order valence-corrected chi connectivity index (χ2v) is 17.9. The number of hydrogen-bond donors (Lipinski definition) is 3. The molecule has 3 N–H and O–H groups in total. The predicted molar refractivity (Wildman–Crippen MR) is 272 cm³/mol. The summed E-state index contributed by atoms with van der Waals surface area (Å²) < 4.78 is 18.8. The Hall–Kier alpha value is -2.37. The molecular weight excluding hydrogens is 1020 g/mol. The van der Waals surface area contributed by atoms with E-state index in [1.165, 1.54) is 218 Å². The van der Waals surface area contributed by atoms with E-state index in [9.17, 15) is 0 Å². The van der Waals surface area contributed by atoms with Crippen LogP contribution in [0.5, 0.6) is 0 Å². The summed E-state index contributed by atoms with van der Waals surface area (Å²) in [4.78, 5) is 39.7. The van der Waals surface area contributed by atoms with Gasteiger partial charge in [0.2, 0.25) is 0 Å². The summed E-state index contributed by atoms with van der Waals surface area (Å²) in [6.07, 6.45) is 58.0. The van der Waals surface area contributed by atoms with Gasteiger partial charge in [-0.3, -0.25) is 0 Å². The van der Waals surface area contributed by atoms with E-state index < -0.39 is 7.82 Å². The first-order valence-electron chi connectivity index (χ1n) is 27.3. The van der Waals surface area contributed by atoms with Crippen molar-refractivity contribution in [2.75, 3.05) is 26.4 Å². The first-order valence-corrected chi connectivity index (χ1v) is 28.8. The third kappa shape index (κ3) is 91.4. The van der Waals surface area contributed by atoms with Crippen LogP contribution in [-0.2, 0) is 104 Å². The quantitative estimate of drug-likeness (QED) is 0.0168. The number of allylic oxidation sites excluding steroid dienone is 4. The maximum Gasteiger partial charge on any atom is 0.466 e. The normalized spacial score (nSPS) is 11.7. The van der Waals surface area contributed by atoms with Gasteiger partial charge in [-0.15, -0.1) is 0 Å². The third-order valence-corrected chi connectivity index (χ3v) is 10.3. The highest BCUT2D eigenvalue weighted by Gasteiger charge is 2.01. The van der Waals surface area contributed by atoms with Gasteiger partial charge < -0.3 is 33.9 Å². The average Bonchev–Trinajstić information content (AvgIpc) is 3.39. The predicted octanol–water partition coefficient (Wildman–Crippen LogP) is 15.4. The molecule has 0 saturated carbocycles. The van der Waals surface area contributed by atoms with Crippen molar-refractivity contribution in [2.45, 2.75) is 246 Å². The summed E-state index contributed by atoms with van der Waals surface area (Å²) in [7, 11) is -4.64. The molecule has 0 aromatic carbocycles. The minimum atomic E-state index is -4.64. The summed E-state index contributed by atoms with van der Waals surface area (Å²) in [6, 6.07) is 0. The van der Waals surface area contributed by atoms with Crippen molar-refractivity contribution in [1.82, 2.24) is 0 Å². The van der Waals surface area contributed by atoms with Crippen molar-refractivity contribution < 1.29 is 119 Å². The lowest BCUT2D eigenvalue weighted by Crippen LogP contribution is -2.05. The van der Waals surface area contributed by atoms with Gasteiger partial charge in [0.15, 0.2) is 0 Å². The minimum Gasteiger partial charge on any atom is -0.499 e. The van der Waals surface area contributed by atoms with Crippen LogP contribution < -0.4 is 0 Å². The smallest absolute Gasteiger partial charge is 0.466 e. The number of ether oxygens (including phenoxy) is 2. The zero-order chi connectivity index (χ0) is 55.2. The van der Waals surface area contributed by atoms with E-state index in [1.807, 2.05) is 26.0 Å². The molecule has 0 aliphatic heterocycles. The van der Waals surface area contributed by atoms with Crippen molar-refractivity contribution in [3.8, 4) is 0 Å². The van der Waals surface area contributed by atoms with E-state index in [-0.39, 0.29) is 26.4 Å². The lowest BCUT2D eigenvalue weighted by atomic mass is 10.0. The minimum absolute atomic E-state index is 0.105. The molecular formula is C50H99O24P. The molecule has 0 bridgehead atoms. The van der Waals surface area contributed by atoms with Gasteiger partial charge in [0.05, 0.1) is 12.5 Å². The Labute approximate surface area is 447 Å². The molecule has 0 rings (SSSR count). The summed E-state index contributed by atoms with van der Waals surface area (Å²) in [5.41, 5.74) is 0. The standard InChI is InChI=1S/2C25H48O10.H3O4P/c2*1-3-5-6-7-8-9-10-11-12-13-14-15-16-17-18-19-20-21-23-27-29-31-33-35-34-32-30-28-25-24-26-22-4-2;1-5(2,3)4/h2*4,21-23H,3,5-20,24-25H2,1-2H3;(H3,1,2,3,4). The number of hydrogen-bond acceptors (Lipinski definition) is 21. The van der Waals surface area contributed by atoms with Crippen LogP contribution in [0.1, 0.15) is 246 Å². The molecule has 0 aliphatic carbocycles. The van der Waals surface area contributed by atoms with Gasteiger partial charge in [-0.05, 0) is 81.9 Å². The largest absolute Gasteiger partial charge is 0.499 e. The van der Waals surface area contributed by atoms with Crippen LogP contribution in [0.25, 0.3) is 0 Å². The fourth-order valence-corrected chi connectivity index (χ4v) is 6.63. The molecule has 0 aromatic rings. The van der Waals surface area contributed by atoms with Crippen LogP contribution in [0.2, 0.25) is 0 Å². The Morgan fingerprint density at radius 1 is 0.307 bits per heavy atom. The van der Waals surface area contributed by atoms with Gasteiger partial charge in [-0.1, -0.05) is 219 Å². The fourth-order valence-electron chi connectivity index (χ4n) is 6.63. The third-order valence-electron chi connectivity index (χ3n) is 10.3. The maximum atomic E-state index is 8.88. The first-order chi connectivity index (χ1) is 36.8. The van der Waals surface area contributed by atoms with Crippen molar-refractivity contribution in [3.05, 3.63) is 49.4 Å². The van der Waals surface area contributed by atoms with Crippen LogP contribution in [0.4, 0.5) is 0 Å². The zero-order valence-electron chi connectivity index (χ0n) is 45.9. The molecule has 0 spiro atoms. The van der Waals surface area contributed by atoms with E-state index in [0.717, 1.165) is 25.7 Å². The van der Waals surface area contributed by atoms with Gasteiger partial charge in [-0.2, -0.15) is 0 Å². The Balaban J connectivity index is -0.00000127. The van der Waals surface area contributed by atoms with Crippen molar-refractivity contribution >= 4 is 7.82 Å². The second-order valence-electron chi connectivity index (χ2n) is 16.9. The van der Waals surface area contributed by atoms with E-state index in [0.29, 0.717) is 0 Å². The molecule has 24 nitrogen and oxygen atoms in total. The van der Waals surface area contributed by atoms with Crippen LogP contribution >= 0.6 is 7.82 Å². The first kappa shape index (κ1) is 76.9. The lowest BCUT2D eigenvalue weighted by molar-refractivity contribution is -0.829. The lowest BCUT2D eigenvalue weighted by Gasteiger charge is -2.03. The molecule has 0 amide bonds. The molecule has 25 heteroatoms. The molecule has 0 aromatic heterocycles. The molecule has 0 heterocycles. The highest BCUT2D eigenvalue weighted by molar-refractivity contribution is 7.45. The van der Waals surface area contributed by atoms with Gasteiger partial charge in [0.25, 0.3) is 0 Å². The number of rotatable bonds is 60. The topological polar surface area (TPSA) is 262 Å². The zero-order valence-corrected chi connectivity index (χ0v) is 46.7. The molecule has 0 aliphatic rings. The average molecular weight is 1120 g/mol. The molecule has 75 heavy (non-hydrogen) atoms. The van der Waals surface area contributed by atoms with Gasteiger partial charge >= 0.3 is 7.82 Å². The Morgan fingerprint density at radius 3 is 0.787 bits per heavy atom. The molecule has 0 unspecified atom stereocenters. The van der Waals surface area contributed by atoms with E-state index >= 15 is 0 Å². The Morgan fingerprint density at radius 2 is 0.533 bits per heavy atom. The molecule has 0 atom stereocenters. The van der Waals surface area contributed by atoms with Crippen LogP contribution in [-0.4, -0.2) is 41.1 Å². The van der Waals surface area contributed by atoms with Gasteiger partial charge in [0, 0.05) is 40.3 Å². The van der Waals surface area contributed by atoms with Crippen LogP contribution in [0.15, 0.2) is 49.4 Å². The second kappa shape index (κ2) is 73.7. The summed E-state index contributed by atoms with van der Waals surface area (Å²) in [6.45, 7) is 8.94. The molecule has 0 fully saturated rings. The maximum absolute atomic E-state index is 8.88. The summed E-state index contributed by atoms with van der Waals surface area (Å²) in [5, 5.41) is 56.0. The van der Waals surface area contributed by atoms with Gasteiger partial charge in [0.1, 0.15) is 39.0 Å². The fraction of sp³-hybridized carbons (Fsp3) is 0.840. The molecule has 0 radical (unpaired) electrons. The van der Waals surface area contributed by atoms with Crippen molar-refractivity contribution in [2.24, 2.45) is 0 Å². The summed E-state index contributed by atoms with van der Waals surface area (Å²) >= 11 is 0. The van der Waals surface area contributed by atoms with Crippen molar-refractivity contribution in [3.63, 3.8) is 0 Å². The number of unbranched alkanes of at least 4 members (excludes halogenated alkanes) is 32. The molecule has 448 valence electrons. The monoisotopic (exact) mass is 1110 g/mol. The SMILES string of the molecule is CC=COCCOOOOOOOOOC=CCCCCCCCCCCCCCCCCCC.CC=COCCOOOOOOOOOC=CCCCCCCCCCCCCCCCCCC.O=P(O)(O)O. The molecule has 0 saturated heterocycles. The van der Waals surface area contributed by atoms with Crippen LogP contribution in [0.3, 0.4) is 0 Å². The number of phosphoric acid groups is 1. The van der Waals surface area contributed by atoms with Crippen LogP contribution in [0, 0.1) is 0 Å². The highest BCUT2D eigenvalue weighted by atomic mass is 31.2. The van der Waals surface area contributed by atoms with Gasteiger partial charge in [-0.25, -0.2) is 14.3 Å². The Kier molecular flexibility index (Phi) is 75.5. The summed E-state index contributed by atoms with van der Waals surface area (Å²) in [5.74, 6) is 0. The van der Waals surface area contributed by atoms with E-state index in [1.54, 1.807) is 12.2 Å². The van der Waals surface area contributed by atoms with Crippen molar-refractivity contribution in [1.29, 1.82) is 0 Å². The highest BCUT2D eigenvalue weighted by Crippen LogP contribution is 2.26. The Bertz CT molecular complexity index is 1100. The van der Waals surface area contributed by atoms with E-state index in [2.05, 4.69) is 104 Å². The van der Waals surface area contributed by atoms with E-state index in [4.69, 9.17) is 28.7 Å².